The smallest absolute Gasteiger partial charge is 0.156 e. The Bertz CT molecular complexity index is 421. The second kappa shape index (κ2) is 8.81. The fourth-order valence-electron chi connectivity index (χ4n) is 1.99. The highest BCUT2D eigenvalue weighted by atomic mass is 35.5. The number of halogens is 2. The zero-order valence-electron chi connectivity index (χ0n) is 12.4. The molecule has 0 radical (unpaired) electrons. The summed E-state index contributed by atoms with van der Waals surface area (Å²) >= 11 is 11.9. The Kier molecular flexibility index (Phi) is 7.77. The Morgan fingerprint density at radius 2 is 1.95 bits per heavy atom. The highest BCUT2D eigenvalue weighted by Gasteiger charge is 2.19. The number of para-hydroxylation sites is 1. The van der Waals surface area contributed by atoms with Crippen LogP contribution in [0.5, 0.6) is 5.75 Å². The molecular formula is C15H23Cl2NO3. The van der Waals surface area contributed by atoms with E-state index in [1.807, 2.05) is 6.92 Å². The molecule has 120 valence electrons. The normalized spacial score (nSPS) is 15.5. The summed E-state index contributed by atoms with van der Waals surface area (Å²) in [5.41, 5.74) is -0.763. The quantitative estimate of drug-likeness (QED) is 0.649. The second-order valence-corrected chi connectivity index (χ2v) is 6.21. The minimum atomic E-state index is -0.763. The van der Waals surface area contributed by atoms with Crippen LogP contribution in [0.1, 0.15) is 26.7 Å². The van der Waals surface area contributed by atoms with E-state index in [4.69, 9.17) is 27.9 Å². The first-order valence-electron chi connectivity index (χ1n) is 7.03. The van der Waals surface area contributed by atoms with Crippen molar-refractivity contribution >= 4 is 23.2 Å². The van der Waals surface area contributed by atoms with Gasteiger partial charge in [-0.2, -0.15) is 0 Å². The summed E-state index contributed by atoms with van der Waals surface area (Å²) in [5, 5.41) is 23.7. The van der Waals surface area contributed by atoms with E-state index in [-0.39, 0.29) is 6.61 Å². The Labute approximate surface area is 136 Å². The van der Waals surface area contributed by atoms with Crippen molar-refractivity contribution in [3.05, 3.63) is 28.2 Å². The van der Waals surface area contributed by atoms with Gasteiger partial charge in [0, 0.05) is 13.1 Å². The molecule has 6 heteroatoms. The van der Waals surface area contributed by atoms with Crippen LogP contribution in [-0.4, -0.2) is 41.6 Å². The number of ether oxygens (including phenoxy) is 1. The fraction of sp³-hybridized carbons (Fsp3) is 0.600. The summed E-state index contributed by atoms with van der Waals surface area (Å²) in [5.74, 6) is 0.373. The molecule has 0 saturated carbocycles. The second-order valence-electron chi connectivity index (χ2n) is 5.39. The first-order valence-corrected chi connectivity index (χ1v) is 7.79. The topological polar surface area (TPSA) is 61.7 Å². The van der Waals surface area contributed by atoms with Gasteiger partial charge in [0.25, 0.3) is 0 Å². The van der Waals surface area contributed by atoms with Gasteiger partial charge < -0.3 is 20.3 Å². The van der Waals surface area contributed by atoms with Crippen LogP contribution in [0.2, 0.25) is 10.0 Å². The minimum absolute atomic E-state index is 0.0758. The number of aliphatic hydroxyl groups excluding tert-OH is 1. The molecule has 1 aromatic rings. The maximum Gasteiger partial charge on any atom is 0.156 e. The van der Waals surface area contributed by atoms with Gasteiger partial charge in [-0.15, -0.1) is 0 Å². The van der Waals surface area contributed by atoms with Crippen molar-refractivity contribution in [3.8, 4) is 5.75 Å². The maximum absolute atomic E-state index is 10.00. The van der Waals surface area contributed by atoms with Crippen LogP contribution in [-0.2, 0) is 0 Å². The molecular weight excluding hydrogens is 313 g/mol. The van der Waals surface area contributed by atoms with Crippen LogP contribution in [0.3, 0.4) is 0 Å². The van der Waals surface area contributed by atoms with E-state index in [1.54, 1.807) is 25.1 Å². The van der Waals surface area contributed by atoms with Crippen LogP contribution in [0, 0.1) is 0 Å². The molecule has 1 aromatic carbocycles. The summed E-state index contributed by atoms with van der Waals surface area (Å²) in [7, 11) is 0. The number of nitrogens with one attached hydrogen (secondary N) is 1. The number of hydrogen-bond acceptors (Lipinski definition) is 4. The Hall–Kier alpha value is -0.520. The maximum atomic E-state index is 10.00. The monoisotopic (exact) mass is 335 g/mol. The van der Waals surface area contributed by atoms with E-state index >= 15 is 0 Å². The van der Waals surface area contributed by atoms with Gasteiger partial charge >= 0.3 is 0 Å². The molecule has 0 spiro atoms. The molecule has 0 aliphatic carbocycles. The van der Waals surface area contributed by atoms with Crippen molar-refractivity contribution in [2.24, 2.45) is 0 Å². The van der Waals surface area contributed by atoms with E-state index in [0.717, 1.165) is 6.42 Å². The molecule has 0 fully saturated rings. The summed E-state index contributed by atoms with van der Waals surface area (Å²) in [6.07, 6.45) is 0.905. The summed E-state index contributed by atoms with van der Waals surface area (Å²) in [6.45, 7) is 4.61. The standard InChI is InChI=1S/C15H23Cl2NO3/c1-3-7-15(2,20)10-18-8-11(19)9-21-14-12(16)5-4-6-13(14)17/h4-6,11,18-20H,3,7-10H2,1-2H3. The van der Waals surface area contributed by atoms with Crippen molar-refractivity contribution in [1.29, 1.82) is 0 Å². The van der Waals surface area contributed by atoms with E-state index in [9.17, 15) is 10.2 Å². The Morgan fingerprint density at radius 3 is 2.52 bits per heavy atom. The van der Waals surface area contributed by atoms with Crippen LogP contribution in [0.15, 0.2) is 18.2 Å². The molecule has 3 N–H and O–H groups in total. The van der Waals surface area contributed by atoms with Gasteiger partial charge in [-0.05, 0) is 25.5 Å². The van der Waals surface area contributed by atoms with Gasteiger partial charge in [0.1, 0.15) is 12.7 Å². The van der Waals surface area contributed by atoms with E-state index < -0.39 is 11.7 Å². The lowest BCUT2D eigenvalue weighted by Gasteiger charge is -2.24. The van der Waals surface area contributed by atoms with Crippen LogP contribution >= 0.6 is 23.2 Å². The lowest BCUT2D eigenvalue weighted by molar-refractivity contribution is 0.0427. The summed E-state index contributed by atoms with van der Waals surface area (Å²) in [6, 6.07) is 5.08. The third kappa shape index (κ3) is 6.85. The minimum Gasteiger partial charge on any atom is -0.488 e. The molecule has 0 saturated heterocycles. The molecule has 21 heavy (non-hydrogen) atoms. The van der Waals surface area contributed by atoms with Crippen LogP contribution in [0.25, 0.3) is 0 Å². The van der Waals surface area contributed by atoms with Gasteiger partial charge in [0.2, 0.25) is 0 Å². The van der Waals surface area contributed by atoms with Gasteiger partial charge in [-0.25, -0.2) is 0 Å². The third-order valence-corrected chi connectivity index (χ3v) is 3.61. The molecule has 0 amide bonds. The van der Waals surface area contributed by atoms with Crippen molar-refractivity contribution < 1.29 is 14.9 Å². The lowest BCUT2D eigenvalue weighted by Crippen LogP contribution is -2.41. The molecule has 0 aliphatic heterocycles. The van der Waals surface area contributed by atoms with Crippen molar-refractivity contribution in [3.63, 3.8) is 0 Å². The number of rotatable bonds is 9. The average molecular weight is 336 g/mol. The fourth-order valence-corrected chi connectivity index (χ4v) is 2.50. The molecule has 4 nitrogen and oxygen atoms in total. The Balaban J connectivity index is 2.33. The van der Waals surface area contributed by atoms with Gasteiger partial charge in [0.05, 0.1) is 15.6 Å². The highest BCUT2D eigenvalue weighted by Crippen LogP contribution is 2.32. The molecule has 2 unspecified atom stereocenters. The number of benzene rings is 1. The van der Waals surface area contributed by atoms with E-state index in [2.05, 4.69) is 5.32 Å². The lowest BCUT2D eigenvalue weighted by atomic mass is 10.0. The largest absolute Gasteiger partial charge is 0.488 e. The molecule has 0 aromatic heterocycles. The van der Waals surface area contributed by atoms with Crippen LogP contribution < -0.4 is 10.1 Å². The number of hydrogen-bond donors (Lipinski definition) is 3. The predicted octanol–water partition coefficient (Wildman–Crippen LogP) is 2.87. The first kappa shape index (κ1) is 18.5. The summed E-state index contributed by atoms with van der Waals surface area (Å²) in [4.78, 5) is 0. The molecule has 0 bridgehead atoms. The third-order valence-electron chi connectivity index (χ3n) is 3.01. The molecule has 1 rings (SSSR count). The van der Waals surface area contributed by atoms with Gasteiger partial charge in [-0.1, -0.05) is 42.6 Å². The van der Waals surface area contributed by atoms with E-state index in [1.165, 1.54) is 0 Å². The molecule has 0 aliphatic rings. The van der Waals surface area contributed by atoms with Gasteiger partial charge in [0.15, 0.2) is 5.75 Å². The molecule has 2 atom stereocenters. The van der Waals surface area contributed by atoms with E-state index in [0.29, 0.717) is 35.3 Å². The zero-order chi connectivity index (χ0) is 15.9. The summed E-state index contributed by atoms with van der Waals surface area (Å²) < 4.78 is 5.44. The van der Waals surface area contributed by atoms with Crippen molar-refractivity contribution in [2.75, 3.05) is 19.7 Å². The van der Waals surface area contributed by atoms with Gasteiger partial charge in [-0.3, -0.25) is 0 Å². The highest BCUT2D eigenvalue weighted by molar-refractivity contribution is 6.37. The number of aliphatic hydroxyl groups is 2. The van der Waals surface area contributed by atoms with Crippen molar-refractivity contribution in [1.82, 2.24) is 5.32 Å². The predicted molar refractivity (Wildman–Crippen MR) is 86.4 cm³/mol. The SMILES string of the molecule is CCCC(C)(O)CNCC(O)COc1c(Cl)cccc1Cl. The Morgan fingerprint density at radius 1 is 1.33 bits per heavy atom. The van der Waals surface area contributed by atoms with Crippen molar-refractivity contribution in [2.45, 2.75) is 38.4 Å². The first-order chi connectivity index (χ1) is 9.85. The zero-order valence-corrected chi connectivity index (χ0v) is 13.9. The molecule has 0 heterocycles. The average Bonchev–Trinajstić information content (AvgIpc) is 2.37. The van der Waals surface area contributed by atoms with Crippen LogP contribution in [0.4, 0.5) is 0 Å².